The molecule has 0 radical (unpaired) electrons. The average Bonchev–Trinajstić information content (AvgIpc) is 2.75. The van der Waals surface area contributed by atoms with Crippen LogP contribution in [0.3, 0.4) is 0 Å². The zero-order valence-electron chi connectivity index (χ0n) is 10.3. The number of nitrogens with one attached hydrogen (secondary N) is 1. The highest BCUT2D eigenvalue weighted by molar-refractivity contribution is 7.18. The number of thiazole rings is 1. The molecule has 0 aromatic carbocycles. The van der Waals surface area contributed by atoms with Gasteiger partial charge in [0.15, 0.2) is 5.13 Å². The average molecular weight is 257 g/mol. The standard InChI is InChI=1S/C11H19N3O2S/c1-3-5-7-9(6-4-2)13-11-12-8-10(17-11)14(15)16/h8-9H,3-7H2,1-2H3,(H,12,13). The lowest BCUT2D eigenvalue weighted by Gasteiger charge is -2.16. The largest absolute Gasteiger partial charge is 0.359 e. The van der Waals surface area contributed by atoms with Crippen LogP contribution in [0, 0.1) is 10.1 Å². The molecule has 0 saturated carbocycles. The summed E-state index contributed by atoms with van der Waals surface area (Å²) in [7, 11) is 0. The van der Waals surface area contributed by atoms with Crippen LogP contribution in [0.5, 0.6) is 0 Å². The quantitative estimate of drug-likeness (QED) is 0.567. The normalized spacial score (nSPS) is 12.4. The topological polar surface area (TPSA) is 68.1 Å². The van der Waals surface area contributed by atoms with E-state index in [1.807, 2.05) is 0 Å². The number of nitrogens with zero attached hydrogens (tertiary/aromatic N) is 2. The molecule has 1 aromatic rings. The summed E-state index contributed by atoms with van der Waals surface area (Å²) >= 11 is 1.11. The summed E-state index contributed by atoms with van der Waals surface area (Å²) in [5.41, 5.74) is 0. The highest BCUT2D eigenvalue weighted by Gasteiger charge is 2.14. The minimum absolute atomic E-state index is 0.0956. The maximum absolute atomic E-state index is 10.5. The Balaban J connectivity index is 2.55. The lowest BCUT2D eigenvalue weighted by Crippen LogP contribution is -2.18. The van der Waals surface area contributed by atoms with E-state index in [1.165, 1.54) is 19.0 Å². The van der Waals surface area contributed by atoms with Gasteiger partial charge >= 0.3 is 5.00 Å². The van der Waals surface area contributed by atoms with Crippen LogP contribution in [0.25, 0.3) is 0 Å². The highest BCUT2D eigenvalue weighted by atomic mass is 32.1. The Morgan fingerprint density at radius 2 is 2.24 bits per heavy atom. The molecule has 0 aliphatic heterocycles. The zero-order valence-corrected chi connectivity index (χ0v) is 11.1. The van der Waals surface area contributed by atoms with E-state index < -0.39 is 4.92 Å². The minimum Gasteiger partial charge on any atom is -0.359 e. The molecule has 1 N–H and O–H groups in total. The van der Waals surface area contributed by atoms with Crippen molar-refractivity contribution in [3.05, 3.63) is 16.3 Å². The number of nitro groups is 1. The summed E-state index contributed by atoms with van der Waals surface area (Å²) in [5.74, 6) is 0. The number of anilines is 1. The Labute approximate surface area is 105 Å². The van der Waals surface area contributed by atoms with Crippen molar-refractivity contribution in [2.24, 2.45) is 0 Å². The first-order chi connectivity index (χ1) is 8.17. The molecule has 1 rings (SSSR count). The lowest BCUT2D eigenvalue weighted by molar-refractivity contribution is -0.380. The SMILES string of the molecule is CCCCC(CCC)Nc1ncc([N+](=O)[O-])s1. The molecular weight excluding hydrogens is 238 g/mol. The Kier molecular flexibility index (Phi) is 5.90. The second kappa shape index (κ2) is 7.21. The van der Waals surface area contributed by atoms with E-state index in [2.05, 4.69) is 24.1 Å². The summed E-state index contributed by atoms with van der Waals surface area (Å²) in [6, 6.07) is 0.380. The molecule has 0 spiro atoms. The third kappa shape index (κ3) is 4.68. The van der Waals surface area contributed by atoms with Crippen LogP contribution in [-0.2, 0) is 0 Å². The molecule has 0 aliphatic rings. The van der Waals surface area contributed by atoms with E-state index in [0.717, 1.165) is 30.6 Å². The molecule has 0 bridgehead atoms. The fourth-order valence-electron chi connectivity index (χ4n) is 1.68. The first kappa shape index (κ1) is 13.9. The van der Waals surface area contributed by atoms with E-state index in [0.29, 0.717) is 11.2 Å². The molecule has 17 heavy (non-hydrogen) atoms. The fraction of sp³-hybridized carbons (Fsp3) is 0.727. The van der Waals surface area contributed by atoms with Crippen molar-refractivity contribution in [3.63, 3.8) is 0 Å². The monoisotopic (exact) mass is 257 g/mol. The molecule has 1 atom stereocenters. The van der Waals surface area contributed by atoms with Gasteiger partial charge in [-0.3, -0.25) is 10.1 Å². The molecule has 0 amide bonds. The molecule has 0 saturated heterocycles. The van der Waals surface area contributed by atoms with Gasteiger partial charge in [-0.1, -0.05) is 33.1 Å². The Hall–Kier alpha value is -1.17. The van der Waals surface area contributed by atoms with Gasteiger partial charge in [-0.25, -0.2) is 4.98 Å². The first-order valence-electron chi connectivity index (χ1n) is 6.04. The fourth-order valence-corrected chi connectivity index (χ4v) is 2.39. The Morgan fingerprint density at radius 1 is 1.47 bits per heavy atom. The molecule has 1 unspecified atom stereocenters. The van der Waals surface area contributed by atoms with Gasteiger partial charge < -0.3 is 5.32 Å². The van der Waals surface area contributed by atoms with Gasteiger partial charge in [0.25, 0.3) is 0 Å². The van der Waals surface area contributed by atoms with Gasteiger partial charge in [-0.05, 0) is 24.2 Å². The van der Waals surface area contributed by atoms with Gasteiger partial charge in [0, 0.05) is 6.04 Å². The zero-order chi connectivity index (χ0) is 12.7. The van der Waals surface area contributed by atoms with Crippen molar-refractivity contribution in [2.75, 3.05) is 5.32 Å². The summed E-state index contributed by atoms with van der Waals surface area (Å²) in [4.78, 5) is 14.2. The van der Waals surface area contributed by atoms with E-state index in [9.17, 15) is 10.1 Å². The van der Waals surface area contributed by atoms with Crippen LogP contribution in [0.1, 0.15) is 46.0 Å². The van der Waals surface area contributed by atoms with E-state index in [4.69, 9.17) is 0 Å². The van der Waals surface area contributed by atoms with Gasteiger partial charge in [0.2, 0.25) is 0 Å². The smallest absolute Gasteiger partial charge is 0.345 e. The molecular formula is C11H19N3O2S. The molecule has 1 aromatic heterocycles. The molecule has 96 valence electrons. The number of unbranched alkanes of at least 4 members (excludes halogenated alkanes) is 1. The second-order valence-corrected chi connectivity index (χ2v) is 5.04. The molecule has 6 heteroatoms. The number of aromatic nitrogens is 1. The second-order valence-electron chi connectivity index (χ2n) is 4.03. The number of hydrogen-bond acceptors (Lipinski definition) is 5. The molecule has 1 heterocycles. The molecule has 0 fully saturated rings. The summed E-state index contributed by atoms with van der Waals surface area (Å²) < 4.78 is 0. The van der Waals surface area contributed by atoms with Crippen LogP contribution < -0.4 is 5.32 Å². The van der Waals surface area contributed by atoms with Crippen LogP contribution in [0.4, 0.5) is 10.1 Å². The van der Waals surface area contributed by atoms with Crippen LogP contribution >= 0.6 is 11.3 Å². The molecule has 0 aliphatic carbocycles. The van der Waals surface area contributed by atoms with Crippen molar-refractivity contribution in [2.45, 2.75) is 52.0 Å². The van der Waals surface area contributed by atoms with Gasteiger partial charge in [0.05, 0.1) is 4.92 Å². The van der Waals surface area contributed by atoms with Crippen molar-refractivity contribution >= 4 is 21.5 Å². The number of hydrogen-bond donors (Lipinski definition) is 1. The predicted octanol–water partition coefficient (Wildman–Crippen LogP) is 3.82. The van der Waals surface area contributed by atoms with Crippen molar-refractivity contribution in [1.29, 1.82) is 0 Å². The van der Waals surface area contributed by atoms with Crippen LogP contribution in [0.2, 0.25) is 0 Å². The summed E-state index contributed by atoms with van der Waals surface area (Å²) in [5, 5.41) is 14.6. The van der Waals surface area contributed by atoms with E-state index in [1.54, 1.807) is 0 Å². The van der Waals surface area contributed by atoms with Gasteiger partial charge in [-0.2, -0.15) is 0 Å². The Morgan fingerprint density at radius 3 is 2.76 bits per heavy atom. The number of rotatable bonds is 8. The van der Waals surface area contributed by atoms with Crippen molar-refractivity contribution in [1.82, 2.24) is 4.98 Å². The van der Waals surface area contributed by atoms with Crippen LogP contribution in [0.15, 0.2) is 6.20 Å². The van der Waals surface area contributed by atoms with E-state index >= 15 is 0 Å². The third-order valence-corrected chi connectivity index (χ3v) is 3.42. The first-order valence-corrected chi connectivity index (χ1v) is 6.85. The molecule has 5 nitrogen and oxygen atoms in total. The lowest BCUT2D eigenvalue weighted by atomic mass is 10.1. The highest BCUT2D eigenvalue weighted by Crippen LogP contribution is 2.26. The van der Waals surface area contributed by atoms with Gasteiger partial charge in [-0.15, -0.1) is 0 Å². The maximum atomic E-state index is 10.5. The Bertz CT molecular complexity index is 354. The van der Waals surface area contributed by atoms with Crippen molar-refractivity contribution < 1.29 is 4.92 Å². The van der Waals surface area contributed by atoms with Gasteiger partial charge in [0.1, 0.15) is 6.20 Å². The predicted molar refractivity (Wildman–Crippen MR) is 70.6 cm³/mol. The summed E-state index contributed by atoms with van der Waals surface area (Å²) in [6.07, 6.45) is 6.93. The third-order valence-electron chi connectivity index (χ3n) is 2.54. The summed E-state index contributed by atoms with van der Waals surface area (Å²) in [6.45, 7) is 4.31. The minimum atomic E-state index is -0.399. The van der Waals surface area contributed by atoms with E-state index in [-0.39, 0.29) is 5.00 Å². The maximum Gasteiger partial charge on any atom is 0.345 e. The van der Waals surface area contributed by atoms with Crippen LogP contribution in [-0.4, -0.2) is 15.9 Å². The van der Waals surface area contributed by atoms with Crippen molar-refractivity contribution in [3.8, 4) is 0 Å².